The van der Waals surface area contributed by atoms with Crippen molar-refractivity contribution in [2.75, 3.05) is 5.73 Å². The molecule has 0 aromatic carbocycles. The van der Waals surface area contributed by atoms with Gasteiger partial charge >= 0.3 is 0 Å². The molecule has 0 unspecified atom stereocenters. The standard InChI is InChI=1S/C7H5ClF2N2O/c8-6-5(11)4(7(9)10)3(2-13)1-12-6/h1-2,7H,11H2. The van der Waals surface area contributed by atoms with Crippen molar-refractivity contribution in [1.82, 2.24) is 4.98 Å². The summed E-state index contributed by atoms with van der Waals surface area (Å²) in [7, 11) is 0. The van der Waals surface area contributed by atoms with E-state index in [1.807, 2.05) is 0 Å². The lowest BCUT2D eigenvalue weighted by molar-refractivity contribution is 0.110. The first-order chi connectivity index (χ1) is 6.07. The molecule has 1 heterocycles. The normalized spacial score (nSPS) is 10.5. The van der Waals surface area contributed by atoms with Gasteiger partial charge in [0, 0.05) is 11.8 Å². The van der Waals surface area contributed by atoms with Crippen LogP contribution in [0, 0.1) is 0 Å². The van der Waals surface area contributed by atoms with Crippen LogP contribution >= 0.6 is 11.6 Å². The van der Waals surface area contributed by atoms with Crippen molar-refractivity contribution >= 4 is 23.6 Å². The van der Waals surface area contributed by atoms with Crippen LogP contribution in [0.5, 0.6) is 0 Å². The van der Waals surface area contributed by atoms with Crippen LogP contribution in [0.4, 0.5) is 14.5 Å². The molecule has 0 fully saturated rings. The van der Waals surface area contributed by atoms with Gasteiger partial charge in [-0.1, -0.05) is 11.6 Å². The molecule has 0 aliphatic heterocycles. The van der Waals surface area contributed by atoms with Crippen molar-refractivity contribution in [2.45, 2.75) is 6.43 Å². The summed E-state index contributed by atoms with van der Waals surface area (Å²) >= 11 is 5.40. The van der Waals surface area contributed by atoms with Gasteiger partial charge in [-0.15, -0.1) is 0 Å². The van der Waals surface area contributed by atoms with Crippen LogP contribution in [0.3, 0.4) is 0 Å². The number of pyridine rings is 1. The van der Waals surface area contributed by atoms with E-state index in [1.165, 1.54) is 0 Å². The number of hydrogen-bond donors (Lipinski definition) is 1. The SMILES string of the molecule is Nc1c(Cl)ncc(C=O)c1C(F)F. The molecule has 70 valence electrons. The zero-order chi connectivity index (χ0) is 10.0. The Bertz CT molecular complexity index is 344. The molecule has 1 aromatic heterocycles. The molecular formula is C7H5ClF2N2O. The van der Waals surface area contributed by atoms with Gasteiger partial charge in [0.15, 0.2) is 11.4 Å². The van der Waals surface area contributed by atoms with Gasteiger partial charge in [-0.05, 0) is 0 Å². The summed E-state index contributed by atoms with van der Waals surface area (Å²) in [6, 6.07) is 0. The molecule has 3 nitrogen and oxygen atoms in total. The molecule has 1 aromatic rings. The first-order valence-electron chi connectivity index (χ1n) is 3.25. The lowest BCUT2D eigenvalue weighted by atomic mass is 10.1. The number of aromatic nitrogens is 1. The number of halogens is 3. The number of aldehydes is 1. The highest BCUT2D eigenvalue weighted by atomic mass is 35.5. The third-order valence-corrected chi connectivity index (χ3v) is 1.79. The van der Waals surface area contributed by atoms with Crippen molar-refractivity contribution in [3.05, 3.63) is 22.5 Å². The van der Waals surface area contributed by atoms with E-state index in [2.05, 4.69) is 4.98 Å². The fourth-order valence-electron chi connectivity index (χ4n) is 0.869. The van der Waals surface area contributed by atoms with Crippen LogP contribution < -0.4 is 5.73 Å². The van der Waals surface area contributed by atoms with E-state index >= 15 is 0 Å². The Balaban J connectivity index is 3.41. The maximum absolute atomic E-state index is 12.3. The molecule has 2 N–H and O–H groups in total. The van der Waals surface area contributed by atoms with Gasteiger partial charge in [0.05, 0.1) is 11.3 Å². The van der Waals surface area contributed by atoms with Crippen molar-refractivity contribution in [1.29, 1.82) is 0 Å². The number of hydrogen-bond acceptors (Lipinski definition) is 3. The van der Waals surface area contributed by atoms with E-state index in [4.69, 9.17) is 17.3 Å². The summed E-state index contributed by atoms with van der Waals surface area (Å²) in [6.45, 7) is 0. The van der Waals surface area contributed by atoms with Gasteiger partial charge in [0.1, 0.15) is 0 Å². The Hall–Kier alpha value is -1.23. The maximum atomic E-state index is 12.3. The van der Waals surface area contributed by atoms with E-state index in [9.17, 15) is 13.6 Å². The lowest BCUT2D eigenvalue weighted by Gasteiger charge is -2.07. The van der Waals surface area contributed by atoms with Gasteiger partial charge in [0.25, 0.3) is 6.43 Å². The summed E-state index contributed by atoms with van der Waals surface area (Å²) < 4.78 is 24.7. The van der Waals surface area contributed by atoms with Gasteiger partial charge in [-0.2, -0.15) is 0 Å². The van der Waals surface area contributed by atoms with E-state index in [0.717, 1.165) is 6.20 Å². The maximum Gasteiger partial charge on any atom is 0.266 e. The topological polar surface area (TPSA) is 56.0 Å². The molecule has 0 aliphatic carbocycles. The number of anilines is 1. The molecule has 13 heavy (non-hydrogen) atoms. The Labute approximate surface area is 77.5 Å². The number of nitrogens with zero attached hydrogens (tertiary/aromatic N) is 1. The summed E-state index contributed by atoms with van der Waals surface area (Å²) in [6.07, 6.45) is -1.60. The number of carbonyl (C=O) groups is 1. The molecule has 0 spiro atoms. The highest BCUT2D eigenvalue weighted by Gasteiger charge is 2.18. The molecule has 0 aliphatic rings. The van der Waals surface area contributed by atoms with E-state index in [-0.39, 0.29) is 22.7 Å². The number of nitrogen functional groups attached to an aromatic ring is 1. The molecule has 0 bridgehead atoms. The summed E-state index contributed by atoms with van der Waals surface area (Å²) in [5, 5.41) is -0.221. The molecule has 0 radical (unpaired) electrons. The fourth-order valence-corrected chi connectivity index (χ4v) is 1.02. The average Bonchev–Trinajstić information content (AvgIpc) is 2.08. The van der Waals surface area contributed by atoms with Crippen LogP contribution in [0.2, 0.25) is 5.15 Å². The van der Waals surface area contributed by atoms with Crippen LogP contribution in [0.15, 0.2) is 6.20 Å². The van der Waals surface area contributed by atoms with Gasteiger partial charge in [-0.25, -0.2) is 13.8 Å². The Morgan fingerprint density at radius 1 is 1.62 bits per heavy atom. The molecular weight excluding hydrogens is 202 g/mol. The molecule has 0 saturated carbocycles. The second-order valence-corrected chi connectivity index (χ2v) is 2.61. The van der Waals surface area contributed by atoms with E-state index < -0.39 is 12.0 Å². The second-order valence-electron chi connectivity index (χ2n) is 2.25. The number of nitrogens with two attached hydrogens (primary N) is 1. The van der Waals surface area contributed by atoms with Crippen LogP contribution in [-0.4, -0.2) is 11.3 Å². The van der Waals surface area contributed by atoms with Crippen LogP contribution in [0.1, 0.15) is 22.3 Å². The van der Waals surface area contributed by atoms with Crippen molar-refractivity contribution < 1.29 is 13.6 Å². The smallest absolute Gasteiger partial charge is 0.266 e. The lowest BCUT2D eigenvalue weighted by Crippen LogP contribution is -2.02. The van der Waals surface area contributed by atoms with Gasteiger partial charge < -0.3 is 5.73 Å². The summed E-state index contributed by atoms with van der Waals surface area (Å²) in [4.78, 5) is 13.8. The summed E-state index contributed by atoms with van der Waals surface area (Å²) in [5.74, 6) is 0. The van der Waals surface area contributed by atoms with Crippen molar-refractivity contribution in [3.63, 3.8) is 0 Å². The van der Waals surface area contributed by atoms with Crippen molar-refractivity contribution in [2.24, 2.45) is 0 Å². The zero-order valence-corrected chi connectivity index (χ0v) is 7.05. The predicted molar refractivity (Wildman–Crippen MR) is 44.0 cm³/mol. The molecule has 6 heteroatoms. The van der Waals surface area contributed by atoms with Gasteiger partial charge in [0.2, 0.25) is 0 Å². The predicted octanol–water partition coefficient (Wildman–Crippen LogP) is 2.07. The third-order valence-electron chi connectivity index (χ3n) is 1.49. The number of alkyl halides is 2. The Morgan fingerprint density at radius 3 is 2.69 bits per heavy atom. The highest BCUT2D eigenvalue weighted by molar-refractivity contribution is 6.32. The quantitative estimate of drug-likeness (QED) is 0.595. The molecule has 1 rings (SSSR count). The van der Waals surface area contributed by atoms with E-state index in [0.29, 0.717) is 0 Å². The highest BCUT2D eigenvalue weighted by Crippen LogP contribution is 2.31. The molecule has 0 saturated heterocycles. The second kappa shape index (κ2) is 3.66. The van der Waals surface area contributed by atoms with Crippen LogP contribution in [0.25, 0.3) is 0 Å². The Morgan fingerprint density at radius 2 is 2.23 bits per heavy atom. The fraction of sp³-hybridized carbons (Fsp3) is 0.143. The monoisotopic (exact) mass is 206 g/mol. The number of carbonyl (C=O) groups excluding carboxylic acids is 1. The van der Waals surface area contributed by atoms with Gasteiger partial charge in [-0.3, -0.25) is 4.79 Å². The van der Waals surface area contributed by atoms with Crippen LogP contribution in [-0.2, 0) is 0 Å². The molecule has 0 atom stereocenters. The minimum Gasteiger partial charge on any atom is -0.396 e. The zero-order valence-electron chi connectivity index (χ0n) is 6.30. The number of rotatable bonds is 2. The minimum absolute atomic E-state index is 0.221. The first-order valence-corrected chi connectivity index (χ1v) is 3.63. The third kappa shape index (κ3) is 1.75. The van der Waals surface area contributed by atoms with Crippen molar-refractivity contribution in [3.8, 4) is 0 Å². The molecule has 0 amide bonds. The van der Waals surface area contributed by atoms with E-state index in [1.54, 1.807) is 0 Å². The minimum atomic E-state index is -2.83. The Kier molecular flexibility index (Phi) is 2.77. The largest absolute Gasteiger partial charge is 0.396 e. The average molecular weight is 207 g/mol. The summed E-state index contributed by atoms with van der Waals surface area (Å²) in [5.41, 5.74) is 4.08. The first kappa shape index (κ1) is 9.85.